The van der Waals surface area contributed by atoms with Crippen LogP contribution < -0.4 is 10.6 Å². The van der Waals surface area contributed by atoms with E-state index in [0.717, 1.165) is 12.8 Å². The Morgan fingerprint density at radius 2 is 1.67 bits per heavy atom. The molecule has 126 valence electrons. The van der Waals surface area contributed by atoms with Crippen LogP contribution in [0.1, 0.15) is 53.4 Å². The largest absolute Gasteiger partial charge is 0.341 e. The van der Waals surface area contributed by atoms with E-state index in [1.807, 2.05) is 27.7 Å². The van der Waals surface area contributed by atoms with Gasteiger partial charge in [0, 0.05) is 26.2 Å². The molecule has 2 unspecified atom stereocenters. The molecule has 0 fully saturated rings. The summed E-state index contributed by atoms with van der Waals surface area (Å²) in [6, 6.07) is -0.450. The van der Waals surface area contributed by atoms with Gasteiger partial charge < -0.3 is 10.6 Å². The Hall–Kier alpha value is -0.820. The molecule has 0 aromatic heterocycles. The Balaban J connectivity index is 4.95. The van der Waals surface area contributed by atoms with E-state index >= 15 is 0 Å². The van der Waals surface area contributed by atoms with Crippen molar-refractivity contribution in [1.82, 2.24) is 14.9 Å². The topological polar surface area (TPSA) is 78.5 Å². The number of urea groups is 1. The summed E-state index contributed by atoms with van der Waals surface area (Å²) in [6.45, 7) is 7.69. The third kappa shape index (κ3) is 5.82. The van der Waals surface area contributed by atoms with Crippen LogP contribution in [0.5, 0.6) is 0 Å². The van der Waals surface area contributed by atoms with Crippen LogP contribution >= 0.6 is 0 Å². The zero-order valence-electron chi connectivity index (χ0n) is 14.1. The van der Waals surface area contributed by atoms with Gasteiger partial charge in [0.2, 0.25) is 10.0 Å². The van der Waals surface area contributed by atoms with Gasteiger partial charge in [0.05, 0.1) is 5.25 Å². The highest BCUT2D eigenvalue weighted by molar-refractivity contribution is 7.89. The molecule has 0 heterocycles. The van der Waals surface area contributed by atoms with Crippen molar-refractivity contribution in [2.45, 2.75) is 70.7 Å². The molecular weight excluding hydrogens is 290 g/mol. The van der Waals surface area contributed by atoms with E-state index in [1.165, 1.54) is 11.4 Å². The third-order valence-corrected chi connectivity index (χ3v) is 6.42. The minimum absolute atomic E-state index is 0.0336. The van der Waals surface area contributed by atoms with Gasteiger partial charge in [0.1, 0.15) is 0 Å². The van der Waals surface area contributed by atoms with Crippen molar-refractivity contribution in [3.05, 3.63) is 0 Å². The van der Waals surface area contributed by atoms with Crippen molar-refractivity contribution in [2.24, 2.45) is 0 Å². The van der Waals surface area contributed by atoms with E-state index in [2.05, 4.69) is 10.6 Å². The molecule has 0 aromatic carbocycles. The SMILES string of the molecule is CCC(CC)N(C)S(=O)(=O)C(CC)CC(C)NC(=O)NC. The Labute approximate surface area is 129 Å². The minimum atomic E-state index is -3.35. The highest BCUT2D eigenvalue weighted by Crippen LogP contribution is 2.20. The average Bonchev–Trinajstić information content (AvgIpc) is 2.45. The quantitative estimate of drug-likeness (QED) is 0.681. The van der Waals surface area contributed by atoms with Crippen molar-refractivity contribution in [3.63, 3.8) is 0 Å². The number of hydrogen-bond donors (Lipinski definition) is 2. The second kappa shape index (κ2) is 9.25. The summed E-state index contributed by atoms with van der Waals surface area (Å²) in [7, 11) is -0.153. The molecule has 0 aliphatic heterocycles. The molecule has 0 saturated heterocycles. The molecule has 2 atom stereocenters. The fourth-order valence-electron chi connectivity index (χ4n) is 2.49. The minimum Gasteiger partial charge on any atom is -0.341 e. The summed E-state index contributed by atoms with van der Waals surface area (Å²) >= 11 is 0. The molecule has 0 aliphatic carbocycles. The van der Waals surface area contributed by atoms with Crippen LogP contribution in [0.2, 0.25) is 0 Å². The number of carbonyl (C=O) groups excluding carboxylic acids is 1. The van der Waals surface area contributed by atoms with Crippen LogP contribution in [0.4, 0.5) is 4.79 Å². The Morgan fingerprint density at radius 3 is 2.05 bits per heavy atom. The van der Waals surface area contributed by atoms with Gasteiger partial charge >= 0.3 is 6.03 Å². The van der Waals surface area contributed by atoms with E-state index in [4.69, 9.17) is 0 Å². The van der Waals surface area contributed by atoms with Crippen LogP contribution in [0.15, 0.2) is 0 Å². The summed E-state index contributed by atoms with van der Waals surface area (Å²) < 4.78 is 26.9. The lowest BCUT2D eigenvalue weighted by Crippen LogP contribution is -2.46. The summed E-state index contributed by atoms with van der Waals surface area (Å²) in [4.78, 5) is 11.3. The lowest BCUT2D eigenvalue weighted by molar-refractivity contribution is 0.239. The standard InChI is InChI=1S/C14H31N3O3S/c1-7-12(8-2)17(6)21(19,20)13(9-3)10-11(4)16-14(18)15-5/h11-13H,7-10H2,1-6H3,(H2,15,16,18). The van der Waals surface area contributed by atoms with Gasteiger partial charge in [-0.1, -0.05) is 20.8 Å². The number of nitrogens with zero attached hydrogens (tertiary/aromatic N) is 1. The second-order valence-corrected chi connectivity index (χ2v) is 7.69. The first-order valence-corrected chi connectivity index (χ1v) is 9.19. The molecule has 6 nitrogen and oxygen atoms in total. The number of sulfonamides is 1. The van der Waals surface area contributed by atoms with Crippen LogP contribution in [-0.4, -0.2) is 50.2 Å². The van der Waals surface area contributed by atoms with E-state index in [1.54, 1.807) is 7.05 Å². The van der Waals surface area contributed by atoms with Crippen LogP contribution in [0.25, 0.3) is 0 Å². The average molecular weight is 321 g/mol. The Bertz CT molecular complexity index is 408. The normalized spacial score (nSPS) is 15.0. The highest BCUT2D eigenvalue weighted by Gasteiger charge is 2.32. The maximum atomic E-state index is 12.7. The van der Waals surface area contributed by atoms with Gasteiger partial charge in [-0.25, -0.2) is 17.5 Å². The van der Waals surface area contributed by atoms with Gasteiger partial charge in [0.15, 0.2) is 0 Å². The van der Waals surface area contributed by atoms with E-state index in [0.29, 0.717) is 12.8 Å². The highest BCUT2D eigenvalue weighted by atomic mass is 32.2. The third-order valence-electron chi connectivity index (χ3n) is 3.96. The first kappa shape index (κ1) is 20.2. The van der Waals surface area contributed by atoms with E-state index in [-0.39, 0.29) is 18.1 Å². The first-order chi connectivity index (χ1) is 9.74. The molecule has 0 aromatic rings. The first-order valence-electron chi connectivity index (χ1n) is 7.69. The monoisotopic (exact) mass is 321 g/mol. The number of carbonyl (C=O) groups is 1. The van der Waals surface area contributed by atoms with Gasteiger partial charge in [-0.2, -0.15) is 0 Å². The number of nitrogens with one attached hydrogen (secondary N) is 2. The lowest BCUT2D eigenvalue weighted by atomic mass is 10.1. The summed E-state index contributed by atoms with van der Waals surface area (Å²) in [5.41, 5.74) is 0. The zero-order valence-corrected chi connectivity index (χ0v) is 15.0. The lowest BCUT2D eigenvalue weighted by Gasteiger charge is -2.30. The number of hydrogen-bond acceptors (Lipinski definition) is 3. The second-order valence-electron chi connectivity index (χ2n) is 5.42. The maximum absolute atomic E-state index is 12.7. The van der Waals surface area contributed by atoms with Crippen LogP contribution in [-0.2, 0) is 10.0 Å². The molecule has 2 amide bonds. The Morgan fingerprint density at radius 1 is 1.14 bits per heavy atom. The summed E-state index contributed by atoms with van der Waals surface area (Å²) in [6.07, 6.45) is 2.55. The maximum Gasteiger partial charge on any atom is 0.314 e. The van der Waals surface area contributed by atoms with Crippen molar-refractivity contribution in [1.29, 1.82) is 0 Å². The molecule has 7 heteroatoms. The molecule has 0 saturated carbocycles. The molecular formula is C14H31N3O3S. The number of amides is 2. The predicted octanol–water partition coefficient (Wildman–Crippen LogP) is 1.92. The fourth-order valence-corrected chi connectivity index (χ4v) is 4.63. The van der Waals surface area contributed by atoms with Crippen molar-refractivity contribution in [2.75, 3.05) is 14.1 Å². The molecule has 2 N–H and O–H groups in total. The molecule has 0 bridgehead atoms. The fraction of sp³-hybridized carbons (Fsp3) is 0.929. The molecule has 0 aliphatic rings. The van der Waals surface area contributed by atoms with Crippen molar-refractivity contribution in [3.8, 4) is 0 Å². The summed E-state index contributed by atoms with van der Waals surface area (Å²) in [5, 5.41) is 4.73. The van der Waals surface area contributed by atoms with Gasteiger partial charge in [0.25, 0.3) is 0 Å². The van der Waals surface area contributed by atoms with Crippen molar-refractivity contribution >= 4 is 16.1 Å². The van der Waals surface area contributed by atoms with Gasteiger partial charge in [-0.15, -0.1) is 0 Å². The van der Waals surface area contributed by atoms with Gasteiger partial charge in [-0.05, 0) is 32.6 Å². The number of rotatable bonds is 9. The van der Waals surface area contributed by atoms with Crippen molar-refractivity contribution < 1.29 is 13.2 Å². The van der Waals surface area contributed by atoms with Gasteiger partial charge in [-0.3, -0.25) is 0 Å². The van der Waals surface area contributed by atoms with E-state index in [9.17, 15) is 13.2 Å². The molecule has 0 radical (unpaired) electrons. The van der Waals surface area contributed by atoms with Crippen LogP contribution in [0.3, 0.4) is 0 Å². The van der Waals surface area contributed by atoms with E-state index < -0.39 is 15.3 Å². The molecule has 21 heavy (non-hydrogen) atoms. The molecule has 0 spiro atoms. The van der Waals surface area contributed by atoms with Crippen LogP contribution in [0, 0.1) is 0 Å². The molecule has 0 rings (SSSR count). The summed E-state index contributed by atoms with van der Waals surface area (Å²) in [5.74, 6) is 0. The smallest absolute Gasteiger partial charge is 0.314 e. The predicted molar refractivity (Wildman–Crippen MR) is 86.8 cm³/mol. The zero-order chi connectivity index (χ0) is 16.6. The Kier molecular flexibility index (Phi) is 8.89.